The maximum atomic E-state index is 12.5. The van der Waals surface area contributed by atoms with E-state index in [0.717, 1.165) is 43.1 Å². The molecule has 1 aliphatic rings. The predicted molar refractivity (Wildman–Crippen MR) is 117 cm³/mol. The summed E-state index contributed by atoms with van der Waals surface area (Å²) < 4.78 is 1.79. The molecule has 0 spiro atoms. The molecular formula is C23H27N5O. The van der Waals surface area contributed by atoms with Gasteiger partial charge in [0.15, 0.2) is 0 Å². The van der Waals surface area contributed by atoms with Crippen LogP contribution in [0.3, 0.4) is 0 Å². The number of piperazine rings is 1. The van der Waals surface area contributed by atoms with E-state index in [4.69, 9.17) is 0 Å². The van der Waals surface area contributed by atoms with E-state index < -0.39 is 0 Å². The first-order chi connectivity index (χ1) is 14.1. The highest BCUT2D eigenvalue weighted by Gasteiger charge is 2.16. The number of aryl methyl sites for hydroxylation is 1. The van der Waals surface area contributed by atoms with Gasteiger partial charge in [-0.1, -0.05) is 18.2 Å². The smallest absolute Gasteiger partial charge is 0.228 e. The van der Waals surface area contributed by atoms with Crippen molar-refractivity contribution in [1.82, 2.24) is 14.7 Å². The maximum Gasteiger partial charge on any atom is 0.228 e. The van der Waals surface area contributed by atoms with Crippen molar-refractivity contribution in [2.75, 3.05) is 43.4 Å². The van der Waals surface area contributed by atoms with E-state index in [2.05, 4.69) is 46.3 Å². The van der Waals surface area contributed by atoms with Crippen LogP contribution in [0.4, 0.5) is 11.4 Å². The normalized spacial score (nSPS) is 14.8. The molecule has 2 aromatic carbocycles. The molecule has 1 amide bonds. The van der Waals surface area contributed by atoms with E-state index in [1.165, 1.54) is 11.3 Å². The van der Waals surface area contributed by atoms with E-state index >= 15 is 0 Å². The van der Waals surface area contributed by atoms with Crippen LogP contribution in [0, 0.1) is 6.92 Å². The third-order valence-electron chi connectivity index (χ3n) is 5.35. The molecule has 3 aromatic rings. The average molecular weight is 390 g/mol. The van der Waals surface area contributed by atoms with Gasteiger partial charge in [-0.15, -0.1) is 0 Å². The number of hydrogen-bond donors (Lipinski definition) is 1. The van der Waals surface area contributed by atoms with Gasteiger partial charge in [0.05, 0.1) is 18.3 Å². The van der Waals surface area contributed by atoms with Crippen LogP contribution in [-0.4, -0.2) is 53.8 Å². The van der Waals surface area contributed by atoms with E-state index in [1.54, 1.807) is 10.9 Å². The van der Waals surface area contributed by atoms with Gasteiger partial charge in [-0.05, 0) is 55.4 Å². The summed E-state index contributed by atoms with van der Waals surface area (Å²) in [5.74, 6) is -0.0376. The Morgan fingerprint density at radius 3 is 2.55 bits per heavy atom. The Hall–Kier alpha value is -3.12. The summed E-state index contributed by atoms with van der Waals surface area (Å²) in [5, 5.41) is 7.37. The molecule has 1 N–H and O–H groups in total. The Balaban J connectivity index is 1.37. The van der Waals surface area contributed by atoms with Gasteiger partial charge in [-0.3, -0.25) is 4.79 Å². The summed E-state index contributed by atoms with van der Waals surface area (Å²) in [6.07, 6.45) is 3.94. The molecule has 2 heterocycles. The predicted octanol–water partition coefficient (Wildman–Crippen LogP) is 3.11. The first-order valence-corrected chi connectivity index (χ1v) is 10.0. The first-order valence-electron chi connectivity index (χ1n) is 10.0. The Kier molecular flexibility index (Phi) is 5.62. The number of para-hydroxylation sites is 1. The molecule has 0 saturated carbocycles. The van der Waals surface area contributed by atoms with Crippen LogP contribution in [0.15, 0.2) is 60.9 Å². The zero-order valence-electron chi connectivity index (χ0n) is 17.0. The van der Waals surface area contributed by atoms with Crippen LogP contribution in [0.5, 0.6) is 0 Å². The second-order valence-corrected chi connectivity index (χ2v) is 7.65. The van der Waals surface area contributed by atoms with Gasteiger partial charge in [0.1, 0.15) is 0 Å². The number of nitrogens with zero attached hydrogens (tertiary/aromatic N) is 4. The molecule has 4 rings (SSSR count). The molecule has 0 aliphatic carbocycles. The Labute approximate surface area is 171 Å². The average Bonchev–Trinajstić information content (AvgIpc) is 3.18. The molecule has 6 nitrogen and oxygen atoms in total. The van der Waals surface area contributed by atoms with Crippen molar-refractivity contribution in [2.24, 2.45) is 0 Å². The van der Waals surface area contributed by atoms with Crippen LogP contribution in [0.1, 0.15) is 11.1 Å². The fraction of sp³-hybridized carbons (Fsp3) is 0.304. The van der Waals surface area contributed by atoms with Gasteiger partial charge in [0.25, 0.3) is 0 Å². The molecule has 150 valence electrons. The van der Waals surface area contributed by atoms with Crippen LogP contribution >= 0.6 is 0 Å². The number of anilines is 2. The monoisotopic (exact) mass is 389 g/mol. The summed E-state index contributed by atoms with van der Waals surface area (Å²) in [7, 11) is 2.16. The molecule has 6 heteroatoms. The number of aromatic nitrogens is 2. The van der Waals surface area contributed by atoms with Crippen LogP contribution < -0.4 is 10.2 Å². The number of amides is 1. The molecule has 29 heavy (non-hydrogen) atoms. The minimum absolute atomic E-state index is 0.0376. The summed E-state index contributed by atoms with van der Waals surface area (Å²) in [4.78, 5) is 17.3. The lowest BCUT2D eigenvalue weighted by molar-refractivity contribution is -0.115. The van der Waals surface area contributed by atoms with Crippen LogP contribution in [0.2, 0.25) is 0 Å². The SMILES string of the molecule is Cc1cc(NC(=O)Cc2cnn(-c3ccccc3)c2)ccc1N1CCN(C)CC1. The lowest BCUT2D eigenvalue weighted by Gasteiger charge is -2.35. The number of carbonyl (C=O) groups is 1. The van der Waals surface area contributed by atoms with Crippen molar-refractivity contribution in [2.45, 2.75) is 13.3 Å². The highest BCUT2D eigenvalue weighted by molar-refractivity contribution is 5.92. The number of carbonyl (C=O) groups excluding carboxylic acids is 1. The van der Waals surface area contributed by atoms with Crippen LogP contribution in [-0.2, 0) is 11.2 Å². The molecule has 1 fully saturated rings. The van der Waals surface area contributed by atoms with Gasteiger partial charge in [0.2, 0.25) is 5.91 Å². The number of nitrogens with one attached hydrogen (secondary N) is 1. The Morgan fingerprint density at radius 2 is 1.83 bits per heavy atom. The third-order valence-corrected chi connectivity index (χ3v) is 5.35. The molecule has 0 atom stereocenters. The van der Waals surface area contributed by atoms with Crippen molar-refractivity contribution in [1.29, 1.82) is 0 Å². The quantitative estimate of drug-likeness (QED) is 0.729. The second-order valence-electron chi connectivity index (χ2n) is 7.65. The molecule has 1 saturated heterocycles. The third kappa shape index (κ3) is 4.66. The Bertz CT molecular complexity index is 974. The fourth-order valence-corrected chi connectivity index (χ4v) is 3.70. The van der Waals surface area contributed by atoms with E-state index in [9.17, 15) is 4.79 Å². The summed E-state index contributed by atoms with van der Waals surface area (Å²) in [6.45, 7) is 6.33. The number of hydrogen-bond acceptors (Lipinski definition) is 4. The topological polar surface area (TPSA) is 53.4 Å². The fourth-order valence-electron chi connectivity index (χ4n) is 3.70. The molecule has 1 aliphatic heterocycles. The van der Waals surface area contributed by atoms with Gasteiger partial charge in [-0.2, -0.15) is 5.10 Å². The van der Waals surface area contributed by atoms with Crippen molar-refractivity contribution < 1.29 is 4.79 Å². The van der Waals surface area contributed by atoms with Crippen molar-refractivity contribution in [3.8, 4) is 5.69 Å². The number of benzene rings is 2. The van der Waals surface area contributed by atoms with Crippen molar-refractivity contribution >= 4 is 17.3 Å². The van der Waals surface area contributed by atoms with Crippen molar-refractivity contribution in [3.05, 3.63) is 72.1 Å². The maximum absolute atomic E-state index is 12.5. The van der Waals surface area contributed by atoms with Crippen molar-refractivity contribution in [3.63, 3.8) is 0 Å². The molecule has 0 radical (unpaired) electrons. The summed E-state index contributed by atoms with van der Waals surface area (Å²) >= 11 is 0. The molecule has 1 aromatic heterocycles. The lowest BCUT2D eigenvalue weighted by atomic mass is 10.1. The summed E-state index contributed by atoms with van der Waals surface area (Å²) in [5.41, 5.74) is 5.14. The standard InChI is InChI=1S/C23H27N5O/c1-18-14-20(8-9-22(18)27-12-10-26(2)11-13-27)25-23(29)15-19-16-24-28(17-19)21-6-4-3-5-7-21/h3-9,14,16-17H,10-13,15H2,1-2H3,(H,25,29). The number of likely N-dealkylation sites (N-methyl/N-ethyl adjacent to an activating group) is 1. The summed E-state index contributed by atoms with van der Waals surface area (Å²) in [6, 6.07) is 16.0. The zero-order chi connectivity index (χ0) is 20.2. The zero-order valence-corrected chi connectivity index (χ0v) is 17.0. The van der Waals surface area contributed by atoms with Gasteiger partial charge >= 0.3 is 0 Å². The molecule has 0 bridgehead atoms. The molecule has 0 unspecified atom stereocenters. The second kappa shape index (κ2) is 8.49. The highest BCUT2D eigenvalue weighted by atomic mass is 16.1. The lowest BCUT2D eigenvalue weighted by Crippen LogP contribution is -2.44. The highest BCUT2D eigenvalue weighted by Crippen LogP contribution is 2.24. The van der Waals surface area contributed by atoms with E-state index in [-0.39, 0.29) is 5.91 Å². The first kappa shape index (κ1) is 19.2. The van der Waals surface area contributed by atoms with E-state index in [1.807, 2.05) is 42.6 Å². The minimum Gasteiger partial charge on any atom is -0.369 e. The van der Waals surface area contributed by atoms with Gasteiger partial charge in [-0.25, -0.2) is 4.68 Å². The van der Waals surface area contributed by atoms with Crippen LogP contribution in [0.25, 0.3) is 5.69 Å². The van der Waals surface area contributed by atoms with Gasteiger partial charge in [0, 0.05) is 43.8 Å². The number of rotatable bonds is 5. The molecular weight excluding hydrogens is 362 g/mol. The largest absolute Gasteiger partial charge is 0.369 e. The Morgan fingerprint density at radius 1 is 1.07 bits per heavy atom. The minimum atomic E-state index is -0.0376. The van der Waals surface area contributed by atoms with E-state index in [0.29, 0.717) is 6.42 Å². The van der Waals surface area contributed by atoms with Gasteiger partial charge < -0.3 is 15.1 Å².